The van der Waals surface area contributed by atoms with E-state index >= 15 is 0 Å². The van der Waals surface area contributed by atoms with E-state index in [1.54, 1.807) is 0 Å². The number of esters is 2. The lowest BCUT2D eigenvalue weighted by molar-refractivity contribution is -0.161. The molecule has 0 aromatic heterocycles. The minimum Gasteiger partial charge on any atom is -0.462 e. The van der Waals surface area contributed by atoms with Crippen molar-refractivity contribution in [3.63, 3.8) is 0 Å². The quantitative estimate of drug-likeness (QED) is 0.0364. The van der Waals surface area contributed by atoms with Crippen molar-refractivity contribution in [2.75, 3.05) is 33.0 Å². The average Bonchev–Trinajstić information content (AvgIpc) is 3.08. The van der Waals surface area contributed by atoms with E-state index in [1.807, 2.05) is 6.92 Å². The van der Waals surface area contributed by atoms with Gasteiger partial charge in [-0.25, -0.2) is 4.57 Å². The molecule has 0 heterocycles. The number of aliphatic hydroxyl groups excluding tert-OH is 2. The molecule has 0 aliphatic heterocycles. The Kier molecular flexibility index (Phi) is 33.7. The minimum atomic E-state index is -4.14. The number of hydrogen-bond donors (Lipinski definition) is 2. The summed E-state index contributed by atoms with van der Waals surface area (Å²) in [5.74, 6) is -0.827. The molecule has 3 atom stereocenters. The Morgan fingerprint density at radius 2 is 0.958 bits per heavy atom. The van der Waals surface area contributed by atoms with E-state index in [-0.39, 0.29) is 38.6 Å². The molecule has 11 heteroatoms. The van der Waals surface area contributed by atoms with Crippen LogP contribution in [0.1, 0.15) is 181 Å². The highest BCUT2D eigenvalue weighted by Gasteiger charge is 2.30. The van der Waals surface area contributed by atoms with Gasteiger partial charge in [0.15, 0.2) is 6.10 Å². The summed E-state index contributed by atoms with van der Waals surface area (Å²) in [7, 11) is -4.14. The lowest BCUT2D eigenvalue weighted by Crippen LogP contribution is -2.30. The van der Waals surface area contributed by atoms with Gasteiger partial charge in [0.2, 0.25) is 0 Å². The minimum absolute atomic E-state index is 0.0732. The van der Waals surface area contributed by atoms with Gasteiger partial charge >= 0.3 is 19.8 Å². The van der Waals surface area contributed by atoms with Crippen molar-refractivity contribution in [3.05, 3.63) is 0 Å². The van der Waals surface area contributed by atoms with E-state index in [4.69, 9.17) is 28.2 Å². The van der Waals surface area contributed by atoms with Crippen molar-refractivity contribution < 1.29 is 47.4 Å². The van der Waals surface area contributed by atoms with Crippen molar-refractivity contribution in [2.45, 2.75) is 193 Å². The summed E-state index contributed by atoms with van der Waals surface area (Å²) in [6.07, 6.45) is 24.6. The molecule has 0 aromatic carbocycles. The Morgan fingerprint density at radius 1 is 0.542 bits per heavy atom. The van der Waals surface area contributed by atoms with Crippen LogP contribution in [0.4, 0.5) is 0 Å². The molecule has 0 bridgehead atoms. The van der Waals surface area contributed by atoms with Crippen LogP contribution in [0, 0.1) is 0 Å². The van der Waals surface area contributed by atoms with Crippen molar-refractivity contribution in [3.8, 4) is 0 Å². The van der Waals surface area contributed by atoms with Crippen molar-refractivity contribution in [2.24, 2.45) is 0 Å². The number of ether oxygens (including phenoxy) is 2. The summed E-state index contributed by atoms with van der Waals surface area (Å²) < 4.78 is 40.1. The Balaban J connectivity index is 4.67. The molecule has 0 saturated heterocycles. The zero-order valence-electron chi connectivity index (χ0n) is 31.0. The average molecular weight is 709 g/mol. The first kappa shape index (κ1) is 47.0. The fourth-order valence-corrected chi connectivity index (χ4v) is 6.54. The fourth-order valence-electron chi connectivity index (χ4n) is 5.21. The van der Waals surface area contributed by atoms with Crippen molar-refractivity contribution in [1.29, 1.82) is 0 Å². The molecule has 0 aliphatic carbocycles. The van der Waals surface area contributed by atoms with Gasteiger partial charge in [-0.15, -0.1) is 0 Å². The van der Waals surface area contributed by atoms with Gasteiger partial charge in [-0.1, -0.05) is 149 Å². The largest absolute Gasteiger partial charge is 0.475 e. The van der Waals surface area contributed by atoms with Crippen LogP contribution in [0.5, 0.6) is 0 Å². The molecule has 0 amide bonds. The Bertz CT molecular complexity index is 781. The standard InChI is InChI=1S/C37H73O10P/c1-4-7-9-11-13-15-17-19-21-23-25-27-36(40)43-32-35(33-46-48(42,44-29-6-3)45-31-34(39)30-38)47-37(41)28-26-24-22-20-18-16-14-12-10-8-5-2/h34-35,38-39H,4-33H2,1-3H3. The predicted molar refractivity (Wildman–Crippen MR) is 192 cm³/mol. The summed E-state index contributed by atoms with van der Waals surface area (Å²) in [5.41, 5.74) is 0. The number of carbonyl (C=O) groups excluding carboxylic acids is 2. The molecule has 0 rings (SSSR count). The number of aliphatic hydroxyl groups is 2. The van der Waals surface area contributed by atoms with Crippen LogP contribution >= 0.6 is 7.82 Å². The first-order chi connectivity index (χ1) is 23.3. The number of unbranched alkanes of at least 4 members (excludes halogenated alkanes) is 20. The Hall–Kier alpha value is -1.03. The van der Waals surface area contributed by atoms with Crippen LogP contribution in [0.3, 0.4) is 0 Å². The molecule has 0 spiro atoms. The first-order valence-electron chi connectivity index (χ1n) is 19.5. The van der Waals surface area contributed by atoms with E-state index < -0.39 is 39.2 Å². The third kappa shape index (κ3) is 31.0. The highest BCUT2D eigenvalue weighted by atomic mass is 31.2. The van der Waals surface area contributed by atoms with Crippen LogP contribution in [-0.4, -0.2) is 67.4 Å². The Morgan fingerprint density at radius 3 is 1.40 bits per heavy atom. The van der Waals surface area contributed by atoms with E-state index in [0.29, 0.717) is 12.8 Å². The van der Waals surface area contributed by atoms with Gasteiger partial charge in [0, 0.05) is 12.8 Å². The van der Waals surface area contributed by atoms with Crippen LogP contribution in [0.15, 0.2) is 0 Å². The van der Waals surface area contributed by atoms with Gasteiger partial charge in [-0.2, -0.15) is 0 Å². The third-order valence-electron chi connectivity index (χ3n) is 8.21. The molecular formula is C37H73O10P. The first-order valence-corrected chi connectivity index (χ1v) is 20.9. The number of phosphoric acid groups is 1. The second-order valence-corrected chi connectivity index (χ2v) is 14.7. The van der Waals surface area contributed by atoms with E-state index in [9.17, 15) is 19.3 Å². The molecule has 0 radical (unpaired) electrons. The molecule has 3 unspecified atom stereocenters. The molecule has 0 saturated carbocycles. The molecule has 0 aliphatic rings. The van der Waals surface area contributed by atoms with Gasteiger partial charge < -0.3 is 19.7 Å². The monoisotopic (exact) mass is 708 g/mol. The molecule has 2 N–H and O–H groups in total. The smallest absolute Gasteiger partial charge is 0.462 e. The van der Waals surface area contributed by atoms with Gasteiger partial charge in [-0.3, -0.25) is 23.2 Å². The third-order valence-corrected chi connectivity index (χ3v) is 9.63. The highest BCUT2D eigenvalue weighted by Crippen LogP contribution is 2.49. The zero-order valence-corrected chi connectivity index (χ0v) is 31.9. The van der Waals surface area contributed by atoms with E-state index in [1.165, 1.54) is 96.3 Å². The normalized spacial score (nSPS) is 14.0. The molecule has 48 heavy (non-hydrogen) atoms. The number of hydrogen-bond acceptors (Lipinski definition) is 10. The van der Waals surface area contributed by atoms with Gasteiger partial charge in [0.1, 0.15) is 12.7 Å². The maximum Gasteiger partial charge on any atom is 0.475 e. The molecular weight excluding hydrogens is 635 g/mol. The molecule has 0 fully saturated rings. The van der Waals surface area contributed by atoms with Crippen LogP contribution in [-0.2, 0) is 37.2 Å². The lowest BCUT2D eigenvalue weighted by Gasteiger charge is -2.22. The van der Waals surface area contributed by atoms with E-state index in [2.05, 4.69) is 13.8 Å². The number of phosphoric ester groups is 1. The summed E-state index contributed by atoms with van der Waals surface area (Å²) in [4.78, 5) is 25.2. The van der Waals surface area contributed by atoms with Gasteiger partial charge in [0.25, 0.3) is 0 Å². The van der Waals surface area contributed by atoms with Crippen LogP contribution < -0.4 is 0 Å². The maximum atomic E-state index is 13.1. The van der Waals surface area contributed by atoms with Crippen LogP contribution in [0.25, 0.3) is 0 Å². The SMILES string of the molecule is CCCCCCCCCCCCCC(=O)OCC(COP(=O)(OCCC)OCC(O)CO)OC(=O)CCCCCCCCCCCCC. The van der Waals surface area contributed by atoms with Crippen molar-refractivity contribution >= 4 is 19.8 Å². The molecule has 286 valence electrons. The summed E-state index contributed by atoms with van der Waals surface area (Å²) >= 11 is 0. The van der Waals surface area contributed by atoms with Gasteiger partial charge in [0.05, 0.1) is 26.4 Å². The lowest BCUT2D eigenvalue weighted by atomic mass is 10.1. The molecule has 0 aromatic rings. The fraction of sp³-hybridized carbons (Fsp3) is 0.946. The summed E-state index contributed by atoms with van der Waals surface area (Å²) in [6, 6.07) is 0. The predicted octanol–water partition coefficient (Wildman–Crippen LogP) is 9.76. The van der Waals surface area contributed by atoms with Crippen molar-refractivity contribution in [1.82, 2.24) is 0 Å². The zero-order chi connectivity index (χ0) is 35.6. The Labute approximate surface area is 293 Å². The second-order valence-electron chi connectivity index (χ2n) is 13.1. The van der Waals surface area contributed by atoms with Gasteiger partial charge in [-0.05, 0) is 19.3 Å². The summed E-state index contributed by atoms with van der Waals surface area (Å²) in [6.45, 7) is 4.68. The number of rotatable bonds is 37. The van der Waals surface area contributed by atoms with E-state index in [0.717, 1.165) is 38.5 Å². The molecule has 10 nitrogen and oxygen atoms in total. The second kappa shape index (κ2) is 34.4. The topological polar surface area (TPSA) is 138 Å². The highest BCUT2D eigenvalue weighted by molar-refractivity contribution is 7.48. The maximum absolute atomic E-state index is 13.1. The number of carbonyl (C=O) groups is 2. The summed E-state index contributed by atoms with van der Waals surface area (Å²) in [5, 5.41) is 18.7. The van der Waals surface area contributed by atoms with Crippen LogP contribution in [0.2, 0.25) is 0 Å².